The van der Waals surface area contributed by atoms with Gasteiger partial charge in [-0.1, -0.05) is 13.8 Å². The lowest BCUT2D eigenvalue weighted by molar-refractivity contribution is -0.132. The van der Waals surface area contributed by atoms with E-state index in [1.807, 2.05) is 18.0 Å². The quantitative estimate of drug-likeness (QED) is 0.323. The summed E-state index contributed by atoms with van der Waals surface area (Å²) in [4.78, 5) is 24.7. The van der Waals surface area contributed by atoms with Crippen molar-refractivity contribution < 1.29 is 4.79 Å². The first kappa shape index (κ1) is 24.1. The normalized spacial score (nSPS) is 17.4. The third kappa shape index (κ3) is 8.76. The van der Waals surface area contributed by atoms with E-state index in [-0.39, 0.29) is 29.9 Å². The summed E-state index contributed by atoms with van der Waals surface area (Å²) in [5.41, 5.74) is 0. The zero-order valence-corrected chi connectivity index (χ0v) is 19.9. The topological polar surface area (TPSA) is 69.6 Å². The first-order valence-electron chi connectivity index (χ1n) is 9.85. The molecule has 1 atom stereocenters. The average Bonchev–Trinajstić information content (AvgIpc) is 3.09. The van der Waals surface area contributed by atoms with Crippen molar-refractivity contribution in [1.29, 1.82) is 0 Å². The van der Waals surface area contributed by atoms with Crippen LogP contribution in [0.5, 0.6) is 0 Å². The van der Waals surface area contributed by atoms with Gasteiger partial charge in [0.05, 0.1) is 5.01 Å². The van der Waals surface area contributed by atoms with Gasteiger partial charge in [0.2, 0.25) is 5.91 Å². The molecule has 1 saturated heterocycles. The number of rotatable bonds is 8. The number of carbonyl (C=O) groups excluding carboxylic acids is 1. The van der Waals surface area contributed by atoms with Gasteiger partial charge in [-0.05, 0) is 32.1 Å². The number of carbonyl (C=O) groups is 1. The maximum Gasteiger partial charge on any atom is 0.224 e. The lowest BCUT2D eigenvalue weighted by Crippen LogP contribution is -2.42. The molecule has 8 heteroatoms. The summed E-state index contributed by atoms with van der Waals surface area (Å²) in [6.45, 7) is 10.3. The maximum absolute atomic E-state index is 12.3. The van der Waals surface area contributed by atoms with Gasteiger partial charge in [-0.3, -0.25) is 9.79 Å². The fourth-order valence-electron chi connectivity index (χ4n) is 3.09. The number of aryl methyl sites for hydroxylation is 1. The van der Waals surface area contributed by atoms with Crippen molar-refractivity contribution in [2.45, 2.75) is 52.9 Å². The van der Waals surface area contributed by atoms with Crippen LogP contribution in [-0.2, 0) is 17.6 Å². The number of aliphatic imine (C=N–C) groups is 1. The molecule has 2 N–H and O–H groups in total. The molecule has 0 saturated carbocycles. The Hall–Kier alpha value is -0.900. The molecule has 0 aliphatic carbocycles. The Kier molecular flexibility index (Phi) is 11.9. The summed E-state index contributed by atoms with van der Waals surface area (Å²) in [5, 5.41) is 7.66. The van der Waals surface area contributed by atoms with Gasteiger partial charge in [0.25, 0.3) is 0 Å². The van der Waals surface area contributed by atoms with Crippen LogP contribution >= 0.6 is 35.3 Å². The number of piperidine rings is 1. The van der Waals surface area contributed by atoms with E-state index in [0.717, 1.165) is 49.9 Å². The molecular formula is C19H34IN5OS. The number of guanidine groups is 1. The van der Waals surface area contributed by atoms with Crippen LogP contribution < -0.4 is 10.6 Å². The lowest BCUT2D eigenvalue weighted by atomic mass is 10.00. The van der Waals surface area contributed by atoms with E-state index in [9.17, 15) is 4.79 Å². The van der Waals surface area contributed by atoms with Crippen molar-refractivity contribution in [3.05, 3.63) is 16.1 Å². The molecule has 1 aliphatic heterocycles. The minimum absolute atomic E-state index is 0. The first-order chi connectivity index (χ1) is 12.6. The maximum atomic E-state index is 12.3. The molecule has 1 unspecified atom stereocenters. The molecule has 1 aliphatic rings. The Morgan fingerprint density at radius 3 is 2.89 bits per heavy atom. The molecule has 0 radical (unpaired) electrons. The predicted octanol–water partition coefficient (Wildman–Crippen LogP) is 3.07. The second-order valence-corrected chi connectivity index (χ2v) is 8.05. The molecule has 0 bridgehead atoms. The van der Waals surface area contributed by atoms with Crippen molar-refractivity contribution in [1.82, 2.24) is 20.5 Å². The second-order valence-electron chi connectivity index (χ2n) is 6.85. The van der Waals surface area contributed by atoms with Crippen molar-refractivity contribution in [3.8, 4) is 0 Å². The average molecular weight is 507 g/mol. The molecule has 2 heterocycles. The van der Waals surface area contributed by atoms with Crippen LogP contribution in [0.3, 0.4) is 0 Å². The fraction of sp³-hybridized carbons (Fsp3) is 0.737. The number of thiazole rings is 1. The van der Waals surface area contributed by atoms with Crippen LogP contribution in [0.15, 0.2) is 11.2 Å². The van der Waals surface area contributed by atoms with Gasteiger partial charge >= 0.3 is 0 Å². The van der Waals surface area contributed by atoms with Gasteiger partial charge in [-0.25, -0.2) is 4.98 Å². The highest BCUT2D eigenvalue weighted by Gasteiger charge is 2.20. The molecule has 27 heavy (non-hydrogen) atoms. The number of hydrogen-bond acceptors (Lipinski definition) is 4. The number of nitrogens with one attached hydrogen (secondary N) is 2. The Morgan fingerprint density at radius 2 is 2.22 bits per heavy atom. The summed E-state index contributed by atoms with van der Waals surface area (Å²) < 4.78 is 0. The second kappa shape index (κ2) is 13.3. The third-order valence-electron chi connectivity index (χ3n) is 4.53. The minimum atomic E-state index is 0. The highest BCUT2D eigenvalue weighted by Crippen LogP contribution is 2.16. The molecule has 1 fully saturated rings. The monoisotopic (exact) mass is 507 g/mol. The van der Waals surface area contributed by atoms with Crippen LogP contribution in [0.2, 0.25) is 0 Å². The van der Waals surface area contributed by atoms with Crippen molar-refractivity contribution in [2.75, 3.05) is 32.7 Å². The van der Waals surface area contributed by atoms with Crippen LogP contribution in [-0.4, -0.2) is 54.5 Å². The molecule has 154 valence electrons. The number of aromatic nitrogens is 1. The summed E-state index contributed by atoms with van der Waals surface area (Å²) in [6.07, 6.45) is 6.73. The minimum Gasteiger partial charge on any atom is -0.357 e. The van der Waals surface area contributed by atoms with E-state index < -0.39 is 0 Å². The molecule has 1 aromatic heterocycles. The third-order valence-corrected chi connectivity index (χ3v) is 5.73. The Labute approximate surface area is 184 Å². The largest absolute Gasteiger partial charge is 0.357 e. The van der Waals surface area contributed by atoms with Gasteiger partial charge in [-0.15, -0.1) is 35.3 Å². The fourth-order valence-corrected chi connectivity index (χ4v) is 3.95. The van der Waals surface area contributed by atoms with Crippen LogP contribution in [0, 0.1) is 5.92 Å². The first-order valence-corrected chi connectivity index (χ1v) is 10.7. The number of amides is 1. The van der Waals surface area contributed by atoms with E-state index in [1.54, 1.807) is 11.3 Å². The van der Waals surface area contributed by atoms with Gasteiger partial charge in [-0.2, -0.15) is 0 Å². The molecule has 6 nitrogen and oxygen atoms in total. The van der Waals surface area contributed by atoms with Crippen molar-refractivity contribution in [3.63, 3.8) is 0 Å². The molecular weight excluding hydrogens is 473 g/mol. The lowest BCUT2D eigenvalue weighted by Gasteiger charge is -2.31. The highest BCUT2D eigenvalue weighted by atomic mass is 127. The zero-order valence-electron chi connectivity index (χ0n) is 16.8. The highest BCUT2D eigenvalue weighted by molar-refractivity contribution is 14.0. The molecule has 1 aromatic rings. The summed E-state index contributed by atoms with van der Waals surface area (Å²) in [5.74, 6) is 1.65. The molecule has 0 aromatic carbocycles. The SMILES string of the molecule is CCNC(=NCCc1ncc(CC)s1)NCCC(=O)N1CCCC(C)C1.I. The molecule has 1 amide bonds. The van der Waals surface area contributed by atoms with E-state index in [0.29, 0.717) is 25.4 Å². The van der Waals surface area contributed by atoms with E-state index in [4.69, 9.17) is 0 Å². The summed E-state index contributed by atoms with van der Waals surface area (Å²) >= 11 is 1.76. The standard InChI is InChI=1S/C19H33N5OS.HI/c1-4-16-13-23-17(26-16)8-10-21-19(20-5-2)22-11-9-18(25)24-12-6-7-15(3)14-24;/h13,15H,4-12,14H2,1-3H3,(H2,20,21,22);1H. The van der Waals surface area contributed by atoms with Crippen molar-refractivity contribution in [2.24, 2.45) is 10.9 Å². The summed E-state index contributed by atoms with van der Waals surface area (Å²) in [7, 11) is 0. The van der Waals surface area contributed by atoms with E-state index >= 15 is 0 Å². The molecule has 2 rings (SSSR count). The number of halogens is 1. The zero-order chi connectivity index (χ0) is 18.8. The van der Waals surface area contributed by atoms with Crippen LogP contribution in [0.4, 0.5) is 0 Å². The van der Waals surface area contributed by atoms with Crippen LogP contribution in [0.25, 0.3) is 0 Å². The molecule has 0 spiro atoms. The smallest absolute Gasteiger partial charge is 0.224 e. The predicted molar refractivity (Wildman–Crippen MR) is 124 cm³/mol. The Balaban J connectivity index is 0.00000364. The van der Waals surface area contributed by atoms with Gasteiger partial charge in [0.15, 0.2) is 5.96 Å². The van der Waals surface area contributed by atoms with E-state index in [2.05, 4.69) is 34.5 Å². The summed E-state index contributed by atoms with van der Waals surface area (Å²) in [6, 6.07) is 0. The Bertz CT molecular complexity index is 592. The van der Waals surface area contributed by atoms with Crippen LogP contribution in [0.1, 0.15) is 49.9 Å². The Morgan fingerprint density at radius 1 is 1.41 bits per heavy atom. The number of likely N-dealkylation sites (tertiary alicyclic amines) is 1. The van der Waals surface area contributed by atoms with Gasteiger partial charge in [0.1, 0.15) is 0 Å². The van der Waals surface area contributed by atoms with Gasteiger partial charge < -0.3 is 15.5 Å². The van der Waals surface area contributed by atoms with Crippen molar-refractivity contribution >= 4 is 47.2 Å². The van der Waals surface area contributed by atoms with E-state index in [1.165, 1.54) is 11.3 Å². The number of nitrogens with zero attached hydrogens (tertiary/aromatic N) is 3. The number of hydrogen-bond donors (Lipinski definition) is 2. The van der Waals surface area contributed by atoms with Gasteiger partial charge in [0, 0.05) is 56.6 Å².